The summed E-state index contributed by atoms with van der Waals surface area (Å²) in [6, 6.07) is 0. The minimum atomic E-state index is 0.0920. The van der Waals surface area contributed by atoms with E-state index in [2.05, 4.69) is 20.6 Å². The van der Waals surface area contributed by atoms with Crippen LogP contribution < -0.4 is 5.73 Å². The van der Waals surface area contributed by atoms with E-state index in [1.54, 1.807) is 0 Å². The summed E-state index contributed by atoms with van der Waals surface area (Å²) >= 11 is 0. The van der Waals surface area contributed by atoms with Gasteiger partial charge < -0.3 is 5.73 Å². The summed E-state index contributed by atoms with van der Waals surface area (Å²) in [7, 11) is 0. The molecule has 1 atom stereocenters. The lowest BCUT2D eigenvalue weighted by Crippen LogP contribution is -2.32. The summed E-state index contributed by atoms with van der Waals surface area (Å²) in [5.74, 6) is 0.898. The fourth-order valence-electron chi connectivity index (χ4n) is 2.87. The molecule has 2 saturated carbocycles. The van der Waals surface area contributed by atoms with E-state index < -0.39 is 0 Å². The standard InChI is InChI=1S/C8H13N5/c9-5-8(6-10-12-13-11-6)4-7(8)2-1-3-7/h1-5,9H2,(H,10,11,12,13). The van der Waals surface area contributed by atoms with E-state index in [1.807, 2.05) is 0 Å². The molecular weight excluding hydrogens is 166 g/mol. The molecule has 70 valence electrons. The van der Waals surface area contributed by atoms with Gasteiger partial charge in [-0.3, -0.25) is 0 Å². The van der Waals surface area contributed by atoms with E-state index in [0.717, 1.165) is 5.82 Å². The third kappa shape index (κ3) is 0.693. The molecule has 0 aliphatic heterocycles. The number of nitrogens with zero attached hydrogens (tertiary/aromatic N) is 3. The third-order valence-corrected chi connectivity index (χ3v) is 3.99. The molecule has 0 saturated heterocycles. The molecule has 2 aliphatic rings. The number of hydrogen-bond donors (Lipinski definition) is 2. The molecule has 2 aliphatic carbocycles. The van der Waals surface area contributed by atoms with Gasteiger partial charge in [0.25, 0.3) is 0 Å². The van der Waals surface area contributed by atoms with Crippen molar-refractivity contribution < 1.29 is 0 Å². The van der Waals surface area contributed by atoms with Crippen LogP contribution in [0.2, 0.25) is 0 Å². The molecule has 0 aromatic carbocycles. The maximum Gasteiger partial charge on any atom is 0.156 e. The molecule has 1 aromatic heterocycles. The third-order valence-electron chi connectivity index (χ3n) is 3.99. The van der Waals surface area contributed by atoms with Crippen LogP contribution in [0.1, 0.15) is 31.5 Å². The second kappa shape index (κ2) is 2.09. The molecule has 13 heavy (non-hydrogen) atoms. The first-order valence-corrected chi connectivity index (χ1v) is 4.77. The van der Waals surface area contributed by atoms with E-state index in [9.17, 15) is 0 Å². The maximum atomic E-state index is 5.83. The summed E-state index contributed by atoms with van der Waals surface area (Å²) in [6.07, 6.45) is 5.10. The minimum Gasteiger partial charge on any atom is -0.329 e. The molecule has 1 aromatic rings. The van der Waals surface area contributed by atoms with Crippen LogP contribution in [0.4, 0.5) is 0 Å². The summed E-state index contributed by atoms with van der Waals surface area (Å²) in [5, 5.41) is 14.1. The number of nitrogens with one attached hydrogen (secondary N) is 1. The SMILES string of the molecule is NCC1(c2nnn[nH]2)CC12CCC2. The Morgan fingerprint density at radius 2 is 2.31 bits per heavy atom. The predicted molar refractivity (Wildman–Crippen MR) is 45.8 cm³/mol. The van der Waals surface area contributed by atoms with Gasteiger partial charge in [0.1, 0.15) is 0 Å². The Morgan fingerprint density at radius 3 is 2.69 bits per heavy atom. The van der Waals surface area contributed by atoms with E-state index in [4.69, 9.17) is 5.73 Å². The summed E-state index contributed by atoms with van der Waals surface area (Å²) < 4.78 is 0. The van der Waals surface area contributed by atoms with Crippen molar-refractivity contribution in [2.75, 3.05) is 6.54 Å². The molecule has 0 amide bonds. The van der Waals surface area contributed by atoms with Gasteiger partial charge in [0.2, 0.25) is 0 Å². The van der Waals surface area contributed by atoms with E-state index in [1.165, 1.54) is 25.7 Å². The predicted octanol–water partition coefficient (Wildman–Crippen LogP) is -0.0298. The number of rotatable bonds is 2. The molecule has 5 heteroatoms. The molecule has 0 radical (unpaired) electrons. The van der Waals surface area contributed by atoms with Crippen LogP contribution >= 0.6 is 0 Å². The Bertz CT molecular complexity index is 315. The highest BCUT2D eigenvalue weighted by Crippen LogP contribution is 2.73. The first-order chi connectivity index (χ1) is 6.33. The van der Waals surface area contributed by atoms with E-state index in [-0.39, 0.29) is 5.41 Å². The van der Waals surface area contributed by atoms with Gasteiger partial charge in [-0.2, -0.15) is 0 Å². The zero-order valence-corrected chi connectivity index (χ0v) is 7.45. The van der Waals surface area contributed by atoms with Gasteiger partial charge in [-0.05, 0) is 35.1 Å². The first-order valence-electron chi connectivity index (χ1n) is 4.77. The molecule has 3 rings (SSSR count). The van der Waals surface area contributed by atoms with Crippen LogP contribution in [0.5, 0.6) is 0 Å². The van der Waals surface area contributed by atoms with Crippen LogP contribution in [0.15, 0.2) is 0 Å². The number of aromatic nitrogens is 4. The van der Waals surface area contributed by atoms with Gasteiger partial charge in [-0.1, -0.05) is 6.42 Å². The molecule has 3 N–H and O–H groups in total. The van der Waals surface area contributed by atoms with Crippen LogP contribution in [-0.2, 0) is 5.41 Å². The van der Waals surface area contributed by atoms with Gasteiger partial charge >= 0.3 is 0 Å². The second-order valence-corrected chi connectivity index (χ2v) is 4.35. The minimum absolute atomic E-state index is 0.0920. The van der Waals surface area contributed by atoms with E-state index in [0.29, 0.717) is 12.0 Å². The van der Waals surface area contributed by atoms with Crippen molar-refractivity contribution in [3.63, 3.8) is 0 Å². The van der Waals surface area contributed by atoms with Crippen molar-refractivity contribution in [2.24, 2.45) is 11.1 Å². The molecule has 2 fully saturated rings. The van der Waals surface area contributed by atoms with Gasteiger partial charge in [0.15, 0.2) is 5.82 Å². The van der Waals surface area contributed by atoms with Crippen molar-refractivity contribution >= 4 is 0 Å². The van der Waals surface area contributed by atoms with Gasteiger partial charge in [-0.25, -0.2) is 5.10 Å². The highest BCUT2D eigenvalue weighted by atomic mass is 15.5. The quantitative estimate of drug-likeness (QED) is 0.668. The lowest BCUT2D eigenvalue weighted by atomic mass is 9.75. The fourth-order valence-corrected chi connectivity index (χ4v) is 2.87. The average molecular weight is 179 g/mol. The Morgan fingerprint density at radius 1 is 1.46 bits per heavy atom. The summed E-state index contributed by atoms with van der Waals surface area (Å²) in [4.78, 5) is 0. The number of H-pyrrole nitrogens is 1. The maximum absolute atomic E-state index is 5.83. The first kappa shape index (κ1) is 7.44. The number of nitrogens with two attached hydrogens (primary N) is 1. The lowest BCUT2D eigenvalue weighted by Gasteiger charge is -2.30. The molecular formula is C8H13N5. The molecule has 1 heterocycles. The summed E-state index contributed by atoms with van der Waals surface area (Å²) in [6.45, 7) is 0.671. The van der Waals surface area contributed by atoms with Crippen LogP contribution in [0.25, 0.3) is 0 Å². The molecule has 5 nitrogen and oxygen atoms in total. The van der Waals surface area contributed by atoms with Crippen molar-refractivity contribution in [1.82, 2.24) is 20.6 Å². The second-order valence-electron chi connectivity index (χ2n) is 4.35. The fraction of sp³-hybridized carbons (Fsp3) is 0.875. The van der Waals surface area contributed by atoms with Crippen molar-refractivity contribution in [3.05, 3.63) is 5.82 Å². The van der Waals surface area contributed by atoms with Gasteiger partial charge in [0, 0.05) is 6.54 Å². The molecule has 1 spiro atoms. The Hall–Kier alpha value is -0.970. The monoisotopic (exact) mass is 179 g/mol. The lowest BCUT2D eigenvalue weighted by molar-refractivity contribution is 0.238. The zero-order chi connectivity index (χ0) is 8.94. The average Bonchev–Trinajstić information content (AvgIpc) is 2.51. The summed E-state index contributed by atoms with van der Waals surface area (Å²) in [5.41, 5.74) is 6.38. The van der Waals surface area contributed by atoms with Gasteiger partial charge in [0.05, 0.1) is 5.41 Å². The van der Waals surface area contributed by atoms with Crippen LogP contribution in [0, 0.1) is 5.41 Å². The Kier molecular flexibility index (Phi) is 1.20. The van der Waals surface area contributed by atoms with Crippen molar-refractivity contribution in [3.8, 4) is 0 Å². The molecule has 0 bridgehead atoms. The highest BCUT2D eigenvalue weighted by molar-refractivity contribution is 5.31. The highest BCUT2D eigenvalue weighted by Gasteiger charge is 2.71. The Balaban J connectivity index is 1.96. The smallest absolute Gasteiger partial charge is 0.156 e. The topological polar surface area (TPSA) is 80.5 Å². The number of tetrazole rings is 1. The van der Waals surface area contributed by atoms with Crippen LogP contribution in [0.3, 0.4) is 0 Å². The van der Waals surface area contributed by atoms with E-state index >= 15 is 0 Å². The largest absolute Gasteiger partial charge is 0.329 e. The van der Waals surface area contributed by atoms with Crippen LogP contribution in [-0.4, -0.2) is 27.2 Å². The molecule has 1 unspecified atom stereocenters. The zero-order valence-electron chi connectivity index (χ0n) is 7.45. The Labute approximate surface area is 76.1 Å². The number of aromatic amines is 1. The van der Waals surface area contributed by atoms with Crippen molar-refractivity contribution in [2.45, 2.75) is 31.1 Å². The number of hydrogen-bond acceptors (Lipinski definition) is 4. The normalized spacial score (nSPS) is 34.5. The van der Waals surface area contributed by atoms with Crippen molar-refractivity contribution in [1.29, 1.82) is 0 Å². The van der Waals surface area contributed by atoms with Gasteiger partial charge in [-0.15, -0.1) is 5.10 Å².